The number of rotatable bonds is 4. The number of aromatic nitrogens is 4. The Balaban J connectivity index is 1.42. The lowest BCUT2D eigenvalue weighted by Crippen LogP contribution is -2.26. The average molecular weight is 299 g/mol. The molecule has 0 unspecified atom stereocenters. The third kappa shape index (κ3) is 2.70. The van der Waals surface area contributed by atoms with Gasteiger partial charge in [-0.15, -0.1) is 0 Å². The molecule has 0 radical (unpaired) electrons. The number of nitrogens with zero attached hydrogens (tertiary/aromatic N) is 4. The van der Waals surface area contributed by atoms with Crippen LogP contribution in [0, 0.1) is 0 Å². The van der Waals surface area contributed by atoms with E-state index in [0.29, 0.717) is 6.01 Å². The minimum atomic E-state index is 0.426. The summed E-state index contributed by atoms with van der Waals surface area (Å²) in [4.78, 5) is 10.8. The summed E-state index contributed by atoms with van der Waals surface area (Å²) in [6.45, 7) is 3.00. The van der Waals surface area contributed by atoms with E-state index in [1.165, 1.54) is 29.8 Å². The molecule has 22 heavy (non-hydrogen) atoms. The standard InChI is InChI=1S/C16H21N5O/c1-22-16-17-8-11(9-18-16)10-21-6-4-13-14(5-7-21)19-20-15(13)12-2-3-12/h8-9,12H,2-7,10H2,1H3,(H,19,20). The third-order valence-electron chi connectivity index (χ3n) is 4.58. The molecule has 0 atom stereocenters. The largest absolute Gasteiger partial charge is 0.467 e. The maximum atomic E-state index is 5.01. The fourth-order valence-electron chi connectivity index (χ4n) is 3.20. The fourth-order valence-corrected chi connectivity index (χ4v) is 3.20. The van der Waals surface area contributed by atoms with Crippen LogP contribution in [0.25, 0.3) is 0 Å². The zero-order valence-electron chi connectivity index (χ0n) is 12.9. The Morgan fingerprint density at radius 1 is 1.23 bits per heavy atom. The molecular weight excluding hydrogens is 278 g/mol. The van der Waals surface area contributed by atoms with Gasteiger partial charge in [0.25, 0.3) is 0 Å². The summed E-state index contributed by atoms with van der Waals surface area (Å²) >= 11 is 0. The Kier molecular flexibility index (Phi) is 3.54. The lowest BCUT2D eigenvalue weighted by molar-refractivity contribution is 0.277. The van der Waals surface area contributed by atoms with Crippen molar-refractivity contribution in [1.82, 2.24) is 25.1 Å². The molecule has 1 aliphatic heterocycles. The van der Waals surface area contributed by atoms with E-state index >= 15 is 0 Å². The van der Waals surface area contributed by atoms with Crippen molar-refractivity contribution in [2.45, 2.75) is 38.1 Å². The first-order valence-electron chi connectivity index (χ1n) is 7.97. The molecule has 2 aliphatic rings. The van der Waals surface area contributed by atoms with Crippen LogP contribution in [0.15, 0.2) is 12.4 Å². The van der Waals surface area contributed by atoms with Gasteiger partial charge in [-0.05, 0) is 24.8 Å². The van der Waals surface area contributed by atoms with E-state index in [4.69, 9.17) is 4.74 Å². The van der Waals surface area contributed by atoms with Crippen LogP contribution in [0.5, 0.6) is 6.01 Å². The molecule has 6 heteroatoms. The van der Waals surface area contributed by atoms with Gasteiger partial charge in [0.2, 0.25) is 0 Å². The topological polar surface area (TPSA) is 66.9 Å². The van der Waals surface area contributed by atoms with Crippen molar-refractivity contribution in [2.24, 2.45) is 0 Å². The summed E-state index contributed by atoms with van der Waals surface area (Å²) < 4.78 is 5.01. The SMILES string of the molecule is COc1ncc(CN2CCc3[nH]nc(C4CC4)c3CC2)cn1. The number of fused-ring (bicyclic) bond motifs is 1. The van der Waals surface area contributed by atoms with Gasteiger partial charge in [-0.3, -0.25) is 10.00 Å². The van der Waals surface area contributed by atoms with E-state index in [9.17, 15) is 0 Å². The Hall–Kier alpha value is -1.95. The maximum absolute atomic E-state index is 5.01. The highest BCUT2D eigenvalue weighted by Gasteiger charge is 2.31. The molecule has 0 spiro atoms. The monoisotopic (exact) mass is 299 g/mol. The van der Waals surface area contributed by atoms with Crippen LogP contribution in [0.2, 0.25) is 0 Å². The Bertz CT molecular complexity index is 647. The lowest BCUT2D eigenvalue weighted by atomic mass is 10.1. The fraction of sp³-hybridized carbons (Fsp3) is 0.562. The van der Waals surface area contributed by atoms with Crippen LogP contribution in [0.3, 0.4) is 0 Å². The molecule has 0 amide bonds. The second-order valence-electron chi connectivity index (χ2n) is 6.19. The van der Waals surface area contributed by atoms with Crippen molar-refractivity contribution < 1.29 is 4.74 Å². The number of aromatic amines is 1. The summed E-state index contributed by atoms with van der Waals surface area (Å²) in [5.74, 6) is 0.724. The molecule has 1 N–H and O–H groups in total. The summed E-state index contributed by atoms with van der Waals surface area (Å²) in [5.41, 5.74) is 5.29. The van der Waals surface area contributed by atoms with Gasteiger partial charge < -0.3 is 4.74 Å². The van der Waals surface area contributed by atoms with Crippen molar-refractivity contribution in [3.05, 3.63) is 34.9 Å². The second-order valence-corrected chi connectivity index (χ2v) is 6.19. The van der Waals surface area contributed by atoms with E-state index in [-0.39, 0.29) is 0 Å². The molecule has 0 saturated heterocycles. The van der Waals surface area contributed by atoms with Crippen molar-refractivity contribution in [3.63, 3.8) is 0 Å². The van der Waals surface area contributed by atoms with Crippen LogP contribution in [-0.2, 0) is 19.4 Å². The molecule has 6 nitrogen and oxygen atoms in total. The molecule has 2 aromatic heterocycles. The van der Waals surface area contributed by atoms with Gasteiger partial charge in [0.1, 0.15) is 0 Å². The normalized spacial score (nSPS) is 18.8. The Labute approximate surface area is 129 Å². The number of nitrogens with one attached hydrogen (secondary N) is 1. The molecule has 0 bridgehead atoms. The van der Waals surface area contributed by atoms with Crippen molar-refractivity contribution >= 4 is 0 Å². The molecule has 1 aliphatic carbocycles. The van der Waals surface area contributed by atoms with Crippen molar-refractivity contribution in [2.75, 3.05) is 20.2 Å². The van der Waals surface area contributed by atoms with Crippen LogP contribution in [-0.4, -0.2) is 45.3 Å². The molecule has 4 rings (SSSR count). The summed E-state index contributed by atoms with van der Waals surface area (Å²) in [7, 11) is 1.59. The molecular formula is C16H21N5O. The predicted molar refractivity (Wildman–Crippen MR) is 81.8 cm³/mol. The van der Waals surface area contributed by atoms with E-state index in [0.717, 1.165) is 44.0 Å². The third-order valence-corrected chi connectivity index (χ3v) is 4.58. The van der Waals surface area contributed by atoms with Gasteiger partial charge in [-0.1, -0.05) is 0 Å². The van der Waals surface area contributed by atoms with Gasteiger partial charge >= 0.3 is 6.01 Å². The molecule has 116 valence electrons. The summed E-state index contributed by atoms with van der Waals surface area (Å²) in [5, 5.41) is 7.82. The minimum Gasteiger partial charge on any atom is -0.467 e. The van der Waals surface area contributed by atoms with E-state index < -0.39 is 0 Å². The second kappa shape index (κ2) is 5.68. The zero-order valence-corrected chi connectivity index (χ0v) is 12.9. The van der Waals surface area contributed by atoms with E-state index in [1.54, 1.807) is 7.11 Å². The van der Waals surface area contributed by atoms with Gasteiger partial charge in [0, 0.05) is 55.6 Å². The Morgan fingerprint density at radius 3 is 2.73 bits per heavy atom. The lowest BCUT2D eigenvalue weighted by Gasteiger charge is -2.19. The predicted octanol–water partition coefficient (Wildman–Crippen LogP) is 1.69. The number of methoxy groups -OCH3 is 1. The van der Waals surface area contributed by atoms with Gasteiger partial charge in [-0.25, -0.2) is 9.97 Å². The smallest absolute Gasteiger partial charge is 0.316 e. The number of H-pyrrole nitrogens is 1. The molecule has 2 aromatic rings. The highest BCUT2D eigenvalue weighted by atomic mass is 16.5. The first-order valence-corrected chi connectivity index (χ1v) is 7.97. The van der Waals surface area contributed by atoms with Gasteiger partial charge in [-0.2, -0.15) is 5.10 Å². The van der Waals surface area contributed by atoms with Crippen LogP contribution in [0.4, 0.5) is 0 Å². The number of hydrogen-bond donors (Lipinski definition) is 1. The summed E-state index contributed by atoms with van der Waals surface area (Å²) in [6, 6.07) is 0.426. The van der Waals surface area contributed by atoms with Crippen molar-refractivity contribution in [3.8, 4) is 6.01 Å². The quantitative estimate of drug-likeness (QED) is 0.930. The first-order chi connectivity index (χ1) is 10.8. The Morgan fingerprint density at radius 2 is 2.00 bits per heavy atom. The van der Waals surface area contributed by atoms with Crippen LogP contribution >= 0.6 is 0 Å². The van der Waals surface area contributed by atoms with Crippen LogP contribution < -0.4 is 4.74 Å². The van der Waals surface area contributed by atoms with E-state index in [1.807, 2.05) is 12.4 Å². The molecule has 1 fully saturated rings. The van der Waals surface area contributed by atoms with E-state index in [2.05, 4.69) is 25.1 Å². The number of hydrogen-bond acceptors (Lipinski definition) is 5. The highest BCUT2D eigenvalue weighted by molar-refractivity contribution is 5.32. The highest BCUT2D eigenvalue weighted by Crippen LogP contribution is 2.41. The summed E-state index contributed by atoms with van der Waals surface area (Å²) in [6.07, 6.45) is 8.47. The van der Waals surface area contributed by atoms with Crippen LogP contribution in [0.1, 0.15) is 41.3 Å². The molecule has 1 saturated carbocycles. The zero-order chi connectivity index (χ0) is 14.9. The minimum absolute atomic E-state index is 0.426. The molecule has 0 aromatic carbocycles. The van der Waals surface area contributed by atoms with Gasteiger partial charge in [0.05, 0.1) is 12.8 Å². The van der Waals surface area contributed by atoms with Crippen molar-refractivity contribution in [1.29, 1.82) is 0 Å². The maximum Gasteiger partial charge on any atom is 0.316 e. The van der Waals surface area contributed by atoms with Gasteiger partial charge in [0.15, 0.2) is 0 Å². The average Bonchev–Trinajstić information content (AvgIpc) is 3.35. The first kappa shape index (κ1) is 13.7. The number of ether oxygens (including phenoxy) is 1. The molecule has 3 heterocycles.